The maximum Gasteiger partial charge on any atom is 0.0726 e. The Balaban J connectivity index is 0.861. The molecule has 15 aromatic rings. The fourth-order valence-corrected chi connectivity index (χ4v) is 16.0. The molecule has 1 heterocycles. The molecule has 0 fully saturated rings. The van der Waals surface area contributed by atoms with Crippen LogP contribution >= 0.6 is 11.3 Å². The van der Waals surface area contributed by atoms with Gasteiger partial charge in [0.1, 0.15) is 0 Å². The highest BCUT2D eigenvalue weighted by molar-refractivity contribution is 7.26. The Morgan fingerprint density at radius 3 is 1.16 bits per heavy atom. The molecule has 0 atom stereocenters. The van der Waals surface area contributed by atoms with E-state index in [9.17, 15) is 0 Å². The number of benzene rings is 14. The molecule has 3 heteroatoms. The van der Waals surface area contributed by atoms with Crippen LogP contribution in [-0.2, 0) is 5.41 Å². The van der Waals surface area contributed by atoms with Crippen molar-refractivity contribution in [2.24, 2.45) is 0 Å². The maximum absolute atomic E-state index is 2.59. The molecular formula is C87H60N2S. The molecule has 14 aromatic carbocycles. The van der Waals surface area contributed by atoms with Crippen LogP contribution < -0.4 is 9.80 Å². The van der Waals surface area contributed by atoms with Gasteiger partial charge in [-0.15, -0.1) is 11.3 Å². The van der Waals surface area contributed by atoms with Crippen LogP contribution in [0.1, 0.15) is 33.4 Å². The molecule has 1 aromatic heterocycles. The lowest BCUT2D eigenvalue weighted by molar-refractivity contribution is 0.794. The Morgan fingerprint density at radius 1 is 0.256 bits per heavy atom. The van der Waals surface area contributed by atoms with Crippen molar-refractivity contribution in [2.75, 3.05) is 9.80 Å². The van der Waals surface area contributed by atoms with Gasteiger partial charge in [-0.1, -0.05) is 243 Å². The van der Waals surface area contributed by atoms with Crippen molar-refractivity contribution >= 4 is 65.6 Å². The number of nitrogens with zero attached hydrogens (tertiary/aromatic N) is 2. The van der Waals surface area contributed by atoms with Gasteiger partial charge in [0.15, 0.2) is 0 Å². The third-order valence-electron chi connectivity index (χ3n) is 19.0. The predicted octanol–water partition coefficient (Wildman–Crippen LogP) is 24.3. The van der Waals surface area contributed by atoms with E-state index in [0.717, 1.165) is 34.1 Å². The quantitative estimate of drug-likeness (QED) is 0.127. The van der Waals surface area contributed by atoms with Gasteiger partial charge < -0.3 is 9.80 Å². The topological polar surface area (TPSA) is 6.48 Å². The van der Waals surface area contributed by atoms with Gasteiger partial charge in [0.2, 0.25) is 0 Å². The van der Waals surface area contributed by atoms with E-state index in [2.05, 4.69) is 351 Å². The zero-order valence-corrected chi connectivity index (χ0v) is 50.8. The minimum atomic E-state index is -0.651. The second-order valence-corrected chi connectivity index (χ2v) is 25.0. The van der Waals surface area contributed by atoms with E-state index in [1.807, 2.05) is 11.3 Å². The Bertz CT molecular complexity index is 5090. The molecule has 2 aliphatic carbocycles. The van der Waals surface area contributed by atoms with Gasteiger partial charge >= 0.3 is 0 Å². The molecule has 424 valence electrons. The molecule has 0 bridgehead atoms. The molecule has 0 saturated carbocycles. The molecule has 0 N–H and O–H groups in total. The summed E-state index contributed by atoms with van der Waals surface area (Å²) in [7, 11) is 0. The monoisotopic (exact) mass is 1160 g/mol. The maximum atomic E-state index is 2.59. The average Bonchev–Trinajstić information content (AvgIpc) is 1.51. The van der Waals surface area contributed by atoms with Crippen LogP contribution in [0.5, 0.6) is 0 Å². The zero-order valence-electron chi connectivity index (χ0n) is 50.0. The molecule has 0 aliphatic heterocycles. The lowest BCUT2D eigenvalue weighted by atomic mass is 9.70. The first-order chi connectivity index (χ1) is 44.5. The summed E-state index contributed by atoms with van der Waals surface area (Å²) in [5, 5.41) is 2.60. The molecule has 0 unspecified atom stereocenters. The molecule has 0 saturated heterocycles. The van der Waals surface area contributed by atoms with Gasteiger partial charge in [0, 0.05) is 54.3 Å². The molecule has 2 aliphatic rings. The highest BCUT2D eigenvalue weighted by Gasteiger charge is 2.53. The van der Waals surface area contributed by atoms with E-state index in [0.29, 0.717) is 0 Å². The van der Waals surface area contributed by atoms with E-state index in [-0.39, 0.29) is 0 Å². The van der Waals surface area contributed by atoms with E-state index in [4.69, 9.17) is 0 Å². The summed E-state index contributed by atoms with van der Waals surface area (Å²) in [6.45, 7) is 4.47. The van der Waals surface area contributed by atoms with Gasteiger partial charge in [-0.05, 0) is 210 Å². The average molecular weight is 1170 g/mol. The molecule has 17 rings (SSSR count). The molecule has 0 amide bonds. The van der Waals surface area contributed by atoms with Crippen LogP contribution in [0.25, 0.3) is 98.1 Å². The Labute approximate surface area is 530 Å². The first-order valence-electron chi connectivity index (χ1n) is 31.1. The van der Waals surface area contributed by atoms with Crippen molar-refractivity contribution in [3.63, 3.8) is 0 Å². The number of hydrogen-bond donors (Lipinski definition) is 0. The smallest absolute Gasteiger partial charge is 0.0726 e. The largest absolute Gasteiger partial charge is 0.311 e. The minimum Gasteiger partial charge on any atom is -0.311 e. The van der Waals surface area contributed by atoms with Crippen molar-refractivity contribution in [1.82, 2.24) is 0 Å². The number of fused-ring (bicyclic) bond motifs is 14. The van der Waals surface area contributed by atoms with Crippen molar-refractivity contribution < 1.29 is 0 Å². The summed E-state index contributed by atoms with van der Waals surface area (Å²) >= 11 is 1.91. The Hall–Kier alpha value is -11.1. The van der Waals surface area contributed by atoms with Gasteiger partial charge in [0.05, 0.1) is 5.41 Å². The van der Waals surface area contributed by atoms with E-state index < -0.39 is 5.41 Å². The lowest BCUT2D eigenvalue weighted by Gasteiger charge is -2.32. The highest BCUT2D eigenvalue weighted by atomic mass is 32.1. The number of hydrogen-bond acceptors (Lipinski definition) is 3. The van der Waals surface area contributed by atoms with Gasteiger partial charge in [-0.3, -0.25) is 0 Å². The van der Waals surface area contributed by atoms with Crippen LogP contribution in [0, 0.1) is 13.8 Å². The predicted molar refractivity (Wildman–Crippen MR) is 382 cm³/mol. The number of aryl methyl sites for hydroxylation is 2. The van der Waals surface area contributed by atoms with Crippen molar-refractivity contribution in [3.8, 4) is 77.9 Å². The summed E-state index contributed by atoms with van der Waals surface area (Å²) < 4.78 is 2.58. The summed E-state index contributed by atoms with van der Waals surface area (Å²) in [6.07, 6.45) is 0. The second kappa shape index (κ2) is 21.6. The normalized spacial score (nSPS) is 12.4. The molecule has 90 heavy (non-hydrogen) atoms. The fraction of sp³-hybridized carbons (Fsp3) is 0.0345. The zero-order chi connectivity index (χ0) is 59.9. The standard InChI is InChI=1S/C87H60N2S/c1-57-20-12-13-27-72(57)73-52-50-70(54-58(73)2)89(69-46-38-64(39-47-69)61-25-10-5-11-26-61)71-51-53-76-81(55-71)87(79-31-17-14-28-74(79)75-29-15-18-32-80(75)87)82-56-78(86-85(84(76)82)77-30-16-19-33-83(77)90-86)65-40-48-68(49-41-65)88(66-42-34-62(35-43-66)59-21-6-3-7-22-59)67-44-36-63(37-45-67)60-23-8-4-9-24-60/h3-56H,1-2H3. The lowest BCUT2D eigenvalue weighted by Crippen LogP contribution is -2.26. The van der Waals surface area contributed by atoms with Crippen LogP contribution in [-0.4, -0.2) is 0 Å². The van der Waals surface area contributed by atoms with E-state index in [1.165, 1.54) is 131 Å². The van der Waals surface area contributed by atoms with Gasteiger partial charge in [-0.25, -0.2) is 0 Å². The molecular weight excluding hydrogens is 1110 g/mol. The Morgan fingerprint density at radius 2 is 0.644 bits per heavy atom. The number of thiophene rings is 1. The second-order valence-electron chi connectivity index (χ2n) is 24.0. The van der Waals surface area contributed by atoms with Crippen molar-refractivity contribution in [3.05, 3.63) is 361 Å². The van der Waals surface area contributed by atoms with Gasteiger partial charge in [-0.2, -0.15) is 0 Å². The van der Waals surface area contributed by atoms with E-state index in [1.54, 1.807) is 0 Å². The molecule has 0 radical (unpaired) electrons. The SMILES string of the molecule is Cc1ccccc1-c1ccc(N(c2ccc(-c3ccccc3)cc2)c2ccc3c(c2)C2(c4ccccc4-c4ccccc42)c2cc(-c4ccc(N(c5ccc(-c6ccccc6)cc5)c5ccc(-c6ccccc6)cc5)cc4)c4sc5ccccc5c4c2-3)cc1C. The third kappa shape index (κ3) is 8.60. The number of rotatable bonds is 11. The van der Waals surface area contributed by atoms with Crippen LogP contribution in [0.15, 0.2) is 328 Å². The first kappa shape index (κ1) is 53.2. The summed E-state index contributed by atoms with van der Waals surface area (Å²) in [6, 6.07) is 122. The van der Waals surface area contributed by atoms with Crippen LogP contribution in [0.4, 0.5) is 34.1 Å². The fourth-order valence-electron chi connectivity index (χ4n) is 14.8. The van der Waals surface area contributed by atoms with Crippen LogP contribution in [0.2, 0.25) is 0 Å². The van der Waals surface area contributed by atoms with Crippen molar-refractivity contribution in [2.45, 2.75) is 19.3 Å². The number of anilines is 6. The Kier molecular flexibility index (Phi) is 12.8. The third-order valence-corrected chi connectivity index (χ3v) is 20.2. The summed E-state index contributed by atoms with van der Waals surface area (Å²) in [4.78, 5) is 4.87. The highest BCUT2D eigenvalue weighted by Crippen LogP contribution is 2.66. The van der Waals surface area contributed by atoms with Crippen LogP contribution in [0.3, 0.4) is 0 Å². The summed E-state index contributed by atoms with van der Waals surface area (Å²) in [5.41, 5.74) is 30.9. The molecule has 2 nitrogen and oxygen atoms in total. The van der Waals surface area contributed by atoms with Crippen molar-refractivity contribution in [1.29, 1.82) is 0 Å². The molecule has 1 spiro atoms. The van der Waals surface area contributed by atoms with Gasteiger partial charge in [0.25, 0.3) is 0 Å². The van der Waals surface area contributed by atoms with E-state index >= 15 is 0 Å². The first-order valence-corrected chi connectivity index (χ1v) is 31.9. The summed E-state index contributed by atoms with van der Waals surface area (Å²) in [5.74, 6) is 0. The minimum absolute atomic E-state index is 0.651.